The van der Waals surface area contributed by atoms with Crippen LogP contribution in [0.1, 0.15) is 65.7 Å². The third-order valence-corrected chi connectivity index (χ3v) is 13.6. The molecule has 0 radical (unpaired) electrons. The van der Waals surface area contributed by atoms with Gasteiger partial charge in [-0.05, 0) is 55.4 Å². The topological polar surface area (TPSA) is 177 Å². The zero-order valence-electron chi connectivity index (χ0n) is 33.6. The molecule has 7 rings (SSSR count). The van der Waals surface area contributed by atoms with Crippen molar-refractivity contribution < 1.29 is 45.9 Å². The van der Waals surface area contributed by atoms with Gasteiger partial charge in [0.2, 0.25) is 27.7 Å². The van der Waals surface area contributed by atoms with Crippen molar-refractivity contribution in [1.82, 2.24) is 29.8 Å². The molecule has 4 fully saturated rings. The molecule has 2 aromatic heterocycles. The highest BCUT2D eigenvalue weighted by molar-refractivity contribution is 7.91. The molecular weight excluding hydrogens is 787 g/mol. The molecule has 5 atom stereocenters. The van der Waals surface area contributed by atoms with Crippen molar-refractivity contribution in [3.63, 3.8) is 0 Å². The van der Waals surface area contributed by atoms with Crippen molar-refractivity contribution in [3.05, 3.63) is 61.3 Å². The Hall–Kier alpha value is -5.19. The number of hydrogen-bond donors (Lipinski definition) is 2. The lowest BCUT2D eigenvalue weighted by molar-refractivity contribution is -0.151. The lowest BCUT2D eigenvalue weighted by Gasteiger charge is -2.37. The first kappa shape index (κ1) is 42.0. The number of aromatic nitrogens is 2. The zero-order chi connectivity index (χ0) is 42.5. The van der Waals surface area contributed by atoms with Gasteiger partial charge in [-0.1, -0.05) is 32.9 Å². The number of fused-ring (bicyclic) bond motifs is 1. The van der Waals surface area contributed by atoms with E-state index in [1.165, 1.54) is 18.1 Å². The lowest BCUT2D eigenvalue weighted by Crippen LogP contribution is -2.57. The average Bonchev–Trinajstić information content (AvgIpc) is 4.12. The number of pyridine rings is 2. The third-order valence-electron chi connectivity index (χ3n) is 11.8. The molecule has 2 aliphatic heterocycles. The number of rotatable bonds is 13. The summed E-state index contributed by atoms with van der Waals surface area (Å²) in [5.41, 5.74) is -0.873. The van der Waals surface area contributed by atoms with E-state index in [4.69, 9.17) is 14.5 Å². The predicted octanol–water partition coefficient (Wildman–Crippen LogP) is 4.63. The maximum Gasteiger partial charge on any atom is 0.265 e. The molecule has 2 saturated carbocycles. The maximum absolute atomic E-state index is 14.8. The molecule has 1 unspecified atom stereocenters. The molecule has 3 aromatic rings. The highest BCUT2D eigenvalue weighted by Crippen LogP contribution is 2.46. The van der Waals surface area contributed by atoms with Crippen molar-refractivity contribution >= 4 is 44.6 Å². The highest BCUT2D eigenvalue weighted by atomic mass is 32.2. The molecule has 2 N–H and O–H groups in total. The molecule has 17 heteroatoms. The number of halogens is 2. The maximum atomic E-state index is 14.8. The molecule has 0 spiro atoms. The fourth-order valence-electron chi connectivity index (χ4n) is 8.07. The Labute approximate surface area is 342 Å². The minimum absolute atomic E-state index is 0.0452. The number of nitrogens with zero attached hydrogens (tertiary/aromatic N) is 4. The number of nitrogens with one attached hydrogen (secondary N) is 2. The number of ether oxygens (including phenoxy) is 2. The quantitative estimate of drug-likeness (QED) is 0.231. The number of methoxy groups -OCH3 is 1. The first-order valence-corrected chi connectivity index (χ1v) is 21.4. The van der Waals surface area contributed by atoms with Crippen LogP contribution in [0.2, 0.25) is 0 Å². The van der Waals surface area contributed by atoms with Crippen molar-refractivity contribution in [2.75, 3.05) is 26.7 Å². The fourth-order valence-corrected chi connectivity index (χ4v) is 9.43. The Kier molecular flexibility index (Phi) is 11.2. The van der Waals surface area contributed by atoms with Gasteiger partial charge in [-0.15, -0.1) is 6.58 Å². The SMILES string of the molecule is C=CC1C[C@]1(NC(=O)[C@@H]1C[C@@H](Oc2cc(-c3ccccn3)nc3cc(OC)ccc23)CN1C(=O)[C@@H](CC(=O)N1CCCC(F)(F)C1)C(C)(C)C)C(=O)NS(=O)(=O)C1CC1. The number of benzene rings is 1. The van der Waals surface area contributed by atoms with Crippen LogP contribution in [-0.2, 0) is 29.2 Å². The molecule has 14 nitrogen and oxygen atoms in total. The summed E-state index contributed by atoms with van der Waals surface area (Å²) in [6, 6.07) is 11.2. The van der Waals surface area contributed by atoms with Gasteiger partial charge in [-0.2, -0.15) is 0 Å². The average molecular weight is 837 g/mol. The second-order valence-corrected chi connectivity index (χ2v) is 19.1. The van der Waals surface area contributed by atoms with Crippen LogP contribution in [0, 0.1) is 17.3 Å². The van der Waals surface area contributed by atoms with Gasteiger partial charge in [0.15, 0.2) is 0 Å². The summed E-state index contributed by atoms with van der Waals surface area (Å²) in [5, 5.41) is 2.72. The van der Waals surface area contributed by atoms with E-state index in [-0.39, 0.29) is 45.2 Å². The van der Waals surface area contributed by atoms with Crippen LogP contribution in [0.3, 0.4) is 0 Å². The van der Waals surface area contributed by atoms with E-state index in [9.17, 15) is 36.4 Å². The molecule has 59 heavy (non-hydrogen) atoms. The largest absolute Gasteiger partial charge is 0.497 e. The minimum atomic E-state index is -3.96. The van der Waals surface area contributed by atoms with E-state index >= 15 is 0 Å². The van der Waals surface area contributed by atoms with E-state index in [0.717, 1.165) is 4.90 Å². The first-order chi connectivity index (χ1) is 27.8. The second-order valence-electron chi connectivity index (χ2n) is 17.2. The van der Waals surface area contributed by atoms with Gasteiger partial charge in [-0.3, -0.25) is 28.9 Å². The Bertz CT molecular complexity index is 2270. The smallest absolute Gasteiger partial charge is 0.265 e. The monoisotopic (exact) mass is 836 g/mol. The Morgan fingerprint density at radius 1 is 1.10 bits per heavy atom. The van der Waals surface area contributed by atoms with Crippen molar-refractivity contribution in [1.29, 1.82) is 0 Å². The number of likely N-dealkylation sites (tertiary alicyclic amines) is 2. The summed E-state index contributed by atoms with van der Waals surface area (Å²) in [5.74, 6) is -6.47. The van der Waals surface area contributed by atoms with Gasteiger partial charge in [0, 0.05) is 55.4 Å². The molecule has 2 saturated heterocycles. The molecule has 4 aliphatic rings. The van der Waals surface area contributed by atoms with Gasteiger partial charge in [0.25, 0.3) is 11.8 Å². The summed E-state index contributed by atoms with van der Waals surface area (Å²) >= 11 is 0. The van der Waals surface area contributed by atoms with E-state index in [2.05, 4.69) is 21.6 Å². The fraction of sp³-hybridized carbons (Fsp3) is 0.524. The van der Waals surface area contributed by atoms with Gasteiger partial charge >= 0.3 is 0 Å². The Morgan fingerprint density at radius 2 is 1.86 bits per heavy atom. The van der Waals surface area contributed by atoms with Crippen LogP contribution in [0.5, 0.6) is 11.5 Å². The van der Waals surface area contributed by atoms with Crippen LogP contribution in [0.25, 0.3) is 22.3 Å². The van der Waals surface area contributed by atoms with Crippen molar-refractivity contribution in [3.8, 4) is 22.9 Å². The van der Waals surface area contributed by atoms with Crippen LogP contribution in [0.4, 0.5) is 8.78 Å². The lowest BCUT2D eigenvalue weighted by atomic mass is 9.77. The summed E-state index contributed by atoms with van der Waals surface area (Å²) in [6.45, 7) is 8.36. The van der Waals surface area contributed by atoms with E-state index in [0.29, 0.717) is 46.6 Å². The standard InChI is InChI=1S/C42H50F2N6O8S/c1-6-25-22-42(25,39(54)48-59(55,56)28-12-13-28)47-37(52)34-19-27(23-50(34)38(53)30(40(2,3)4)20-36(51)49-17-9-15-41(43,44)24-49)58-35-21-33(31-10-7-8-16-45-31)46-32-18-26(57-5)11-14-29(32)35/h6-8,10-11,14,16,18,21,25,27-28,30,34H,1,9,12-13,15,17,19-20,22-24H2,2-5H3,(H,47,52)(H,48,54)/t25?,27-,30-,34+,42-/m1/s1. The van der Waals surface area contributed by atoms with Crippen molar-refractivity contribution in [2.24, 2.45) is 17.3 Å². The Balaban J connectivity index is 1.21. The van der Waals surface area contributed by atoms with Crippen LogP contribution in [-0.4, -0.2) is 107 Å². The van der Waals surface area contributed by atoms with Crippen LogP contribution in [0.15, 0.2) is 61.3 Å². The second kappa shape index (κ2) is 15.8. The van der Waals surface area contributed by atoms with E-state index in [1.807, 2.05) is 6.07 Å². The number of carbonyl (C=O) groups is 4. The van der Waals surface area contributed by atoms with Crippen LogP contribution < -0.4 is 19.5 Å². The van der Waals surface area contributed by atoms with Gasteiger partial charge < -0.3 is 24.6 Å². The molecular formula is C42H50F2N6O8S. The summed E-state index contributed by atoms with van der Waals surface area (Å²) in [4.78, 5) is 68.2. The van der Waals surface area contributed by atoms with Gasteiger partial charge in [-0.25, -0.2) is 22.2 Å². The molecule has 2 aliphatic carbocycles. The third kappa shape index (κ3) is 8.89. The van der Waals surface area contributed by atoms with Gasteiger partial charge in [0.1, 0.15) is 29.2 Å². The minimum Gasteiger partial charge on any atom is -0.497 e. The van der Waals surface area contributed by atoms with Crippen LogP contribution >= 0.6 is 0 Å². The molecule has 4 amide bonds. The number of carbonyl (C=O) groups excluding carboxylic acids is 4. The molecule has 0 bridgehead atoms. The first-order valence-electron chi connectivity index (χ1n) is 19.9. The number of alkyl halides is 2. The van der Waals surface area contributed by atoms with Crippen molar-refractivity contribution in [2.45, 2.75) is 94.6 Å². The molecule has 4 heterocycles. The number of hydrogen-bond acceptors (Lipinski definition) is 10. The summed E-state index contributed by atoms with van der Waals surface area (Å²) < 4.78 is 68.6. The normalized spacial score (nSPS) is 24.5. The van der Waals surface area contributed by atoms with E-state index < -0.39 is 86.3 Å². The number of sulfonamides is 1. The summed E-state index contributed by atoms with van der Waals surface area (Å²) in [7, 11) is -2.42. The van der Waals surface area contributed by atoms with E-state index in [1.54, 1.807) is 63.4 Å². The zero-order valence-corrected chi connectivity index (χ0v) is 34.4. The molecule has 316 valence electrons. The predicted molar refractivity (Wildman–Crippen MR) is 214 cm³/mol. The Morgan fingerprint density at radius 3 is 2.49 bits per heavy atom. The summed E-state index contributed by atoms with van der Waals surface area (Å²) in [6.07, 6.45) is 2.64. The number of amides is 4. The highest BCUT2D eigenvalue weighted by Gasteiger charge is 2.62. The number of piperidine rings is 1. The molecule has 1 aromatic carbocycles. The van der Waals surface area contributed by atoms with Gasteiger partial charge in [0.05, 0.1) is 48.3 Å².